The summed E-state index contributed by atoms with van der Waals surface area (Å²) >= 11 is 0. The Morgan fingerprint density at radius 1 is 0.750 bits per heavy atom. The van der Waals surface area contributed by atoms with Crippen LogP contribution in [0.3, 0.4) is 0 Å². The Hall–Kier alpha value is -3.16. The Labute approximate surface area is 163 Å². The number of esters is 1. The van der Waals surface area contributed by atoms with Crippen LogP contribution in [0.2, 0.25) is 0 Å². The molecule has 1 N–H and O–H groups in total. The van der Waals surface area contributed by atoms with Crippen molar-refractivity contribution in [3.05, 3.63) is 72.8 Å². The van der Waals surface area contributed by atoms with Crippen molar-refractivity contribution in [2.75, 3.05) is 12.9 Å². The van der Waals surface area contributed by atoms with Gasteiger partial charge in [-0.15, -0.1) is 0 Å². The molecule has 28 heavy (non-hydrogen) atoms. The summed E-state index contributed by atoms with van der Waals surface area (Å²) in [6.07, 6.45) is 0. The highest BCUT2D eigenvalue weighted by atomic mass is 32.2. The van der Waals surface area contributed by atoms with Gasteiger partial charge in [-0.2, -0.15) is 8.42 Å². The Kier molecular flexibility index (Phi) is 5.77. The van der Waals surface area contributed by atoms with Crippen LogP contribution in [-0.2, 0) is 14.9 Å². The predicted molar refractivity (Wildman–Crippen MR) is 106 cm³/mol. The largest absolute Gasteiger partial charge is 0.497 e. The van der Waals surface area contributed by atoms with Crippen LogP contribution in [-0.4, -0.2) is 31.8 Å². The number of ether oxygens (including phenoxy) is 2. The Morgan fingerprint density at radius 3 is 1.46 bits per heavy atom. The van der Waals surface area contributed by atoms with Crippen molar-refractivity contribution in [1.82, 2.24) is 0 Å². The zero-order valence-electron chi connectivity index (χ0n) is 15.0. The van der Waals surface area contributed by atoms with Crippen molar-refractivity contribution in [2.45, 2.75) is 0 Å². The van der Waals surface area contributed by atoms with Crippen LogP contribution >= 0.6 is 0 Å². The number of hydrogen-bond acceptors (Lipinski definition) is 5. The van der Waals surface area contributed by atoms with Crippen molar-refractivity contribution in [2.24, 2.45) is 0 Å². The van der Waals surface area contributed by atoms with Gasteiger partial charge in [0, 0.05) is 0 Å². The van der Waals surface area contributed by atoms with Gasteiger partial charge in [-0.25, -0.2) is 0 Å². The minimum absolute atomic E-state index is 0.201. The molecular weight excluding hydrogens is 380 g/mol. The third-order valence-corrected chi connectivity index (χ3v) is 4.63. The fourth-order valence-electron chi connectivity index (χ4n) is 2.66. The highest BCUT2D eigenvalue weighted by Gasteiger charge is 2.15. The summed E-state index contributed by atoms with van der Waals surface area (Å²) in [6.45, 7) is 0. The minimum atomic E-state index is -4.41. The van der Waals surface area contributed by atoms with Crippen molar-refractivity contribution in [1.29, 1.82) is 0 Å². The van der Waals surface area contributed by atoms with Crippen LogP contribution in [0.25, 0.3) is 22.3 Å². The molecule has 0 bridgehead atoms. The fourth-order valence-corrected chi connectivity index (χ4v) is 3.02. The molecule has 0 unspecified atom stereocenters. The summed E-state index contributed by atoms with van der Waals surface area (Å²) < 4.78 is 40.1. The SMILES string of the molecule is COc1ccc(-c2ccc(-c3ccc(OC(=O)CS(=O)(=O)O)cc3)cc2)cc1. The quantitative estimate of drug-likeness (QED) is 0.386. The number of methoxy groups -OCH3 is 1. The van der Waals surface area contributed by atoms with Crippen molar-refractivity contribution in [3.8, 4) is 33.8 Å². The van der Waals surface area contributed by atoms with Crippen LogP contribution in [0.5, 0.6) is 11.5 Å². The van der Waals surface area contributed by atoms with Gasteiger partial charge in [0.15, 0.2) is 5.75 Å². The molecule has 7 heteroatoms. The highest BCUT2D eigenvalue weighted by Crippen LogP contribution is 2.27. The smallest absolute Gasteiger partial charge is 0.329 e. The predicted octanol–water partition coefficient (Wildman–Crippen LogP) is 3.82. The molecule has 0 fully saturated rings. The van der Waals surface area contributed by atoms with Crippen LogP contribution in [0.4, 0.5) is 0 Å². The van der Waals surface area contributed by atoms with Gasteiger partial charge >= 0.3 is 5.97 Å². The van der Waals surface area contributed by atoms with Crippen LogP contribution in [0.15, 0.2) is 72.8 Å². The molecule has 0 heterocycles. The Balaban J connectivity index is 1.70. The minimum Gasteiger partial charge on any atom is -0.497 e. The molecule has 6 nitrogen and oxygen atoms in total. The van der Waals surface area contributed by atoms with Gasteiger partial charge in [0.05, 0.1) is 7.11 Å². The van der Waals surface area contributed by atoms with Gasteiger partial charge in [-0.1, -0.05) is 48.5 Å². The van der Waals surface area contributed by atoms with Crippen molar-refractivity contribution >= 4 is 16.1 Å². The van der Waals surface area contributed by atoms with E-state index in [0.29, 0.717) is 0 Å². The topological polar surface area (TPSA) is 89.9 Å². The lowest BCUT2D eigenvalue weighted by atomic mass is 10.0. The summed E-state index contributed by atoms with van der Waals surface area (Å²) in [5, 5.41) is 0. The van der Waals surface area contributed by atoms with Crippen molar-refractivity contribution in [3.63, 3.8) is 0 Å². The first-order chi connectivity index (χ1) is 13.3. The van der Waals surface area contributed by atoms with E-state index in [1.165, 1.54) is 0 Å². The second kappa shape index (κ2) is 8.24. The molecule has 0 aliphatic rings. The Bertz CT molecular complexity index is 1050. The van der Waals surface area contributed by atoms with E-state index in [4.69, 9.17) is 14.0 Å². The number of hydrogen-bond donors (Lipinski definition) is 1. The van der Waals surface area contributed by atoms with E-state index in [0.717, 1.165) is 28.0 Å². The molecule has 0 saturated heterocycles. The van der Waals surface area contributed by atoms with E-state index in [2.05, 4.69) is 0 Å². The molecule has 0 aromatic heterocycles. The van der Waals surface area contributed by atoms with E-state index < -0.39 is 21.8 Å². The first kappa shape index (κ1) is 19.6. The molecule has 3 aromatic rings. The molecule has 144 valence electrons. The lowest BCUT2D eigenvalue weighted by molar-refractivity contribution is -0.131. The first-order valence-corrected chi connectivity index (χ1v) is 9.96. The maximum atomic E-state index is 11.4. The molecule has 0 atom stereocenters. The van der Waals surface area contributed by atoms with Crippen LogP contribution < -0.4 is 9.47 Å². The van der Waals surface area contributed by atoms with Gasteiger partial charge in [0.1, 0.15) is 11.5 Å². The summed E-state index contributed by atoms with van der Waals surface area (Å²) in [4.78, 5) is 11.4. The molecule has 0 aliphatic carbocycles. The van der Waals surface area contributed by atoms with E-state index >= 15 is 0 Å². The van der Waals surface area contributed by atoms with Gasteiger partial charge < -0.3 is 9.47 Å². The maximum absolute atomic E-state index is 11.4. The zero-order chi connectivity index (χ0) is 20.1. The molecule has 3 rings (SSSR count). The van der Waals surface area contributed by atoms with Gasteiger partial charge in [0.25, 0.3) is 10.1 Å². The average molecular weight is 398 g/mol. The summed E-state index contributed by atoms with van der Waals surface area (Å²) in [5.74, 6) is -1.12. The maximum Gasteiger partial charge on any atom is 0.329 e. The number of benzene rings is 3. The third-order valence-electron chi connectivity index (χ3n) is 4.03. The lowest BCUT2D eigenvalue weighted by Gasteiger charge is -2.07. The Morgan fingerprint density at radius 2 is 1.11 bits per heavy atom. The van der Waals surface area contributed by atoms with E-state index in [1.807, 2.05) is 48.5 Å². The summed E-state index contributed by atoms with van der Waals surface area (Å²) in [5.41, 5.74) is 4.04. The summed E-state index contributed by atoms with van der Waals surface area (Å²) in [6, 6.07) is 22.4. The van der Waals surface area contributed by atoms with E-state index in [1.54, 1.807) is 31.4 Å². The van der Waals surface area contributed by atoms with Crippen LogP contribution in [0.1, 0.15) is 0 Å². The summed E-state index contributed by atoms with van der Waals surface area (Å²) in [7, 11) is -2.78. The molecule has 0 aliphatic heterocycles. The van der Waals surface area contributed by atoms with E-state index in [-0.39, 0.29) is 5.75 Å². The van der Waals surface area contributed by atoms with Crippen LogP contribution in [0, 0.1) is 0 Å². The normalized spacial score (nSPS) is 11.1. The highest BCUT2D eigenvalue weighted by molar-refractivity contribution is 7.86. The number of carbonyl (C=O) groups excluding carboxylic acids is 1. The van der Waals surface area contributed by atoms with Gasteiger partial charge in [-0.05, 0) is 46.5 Å². The molecular formula is C21H18O6S. The zero-order valence-corrected chi connectivity index (χ0v) is 15.8. The van der Waals surface area contributed by atoms with Gasteiger partial charge in [0.2, 0.25) is 0 Å². The number of rotatable bonds is 6. The second-order valence-corrected chi connectivity index (χ2v) is 7.48. The van der Waals surface area contributed by atoms with E-state index in [9.17, 15) is 13.2 Å². The molecule has 0 saturated carbocycles. The number of carbonyl (C=O) groups is 1. The second-order valence-electron chi connectivity index (χ2n) is 6.03. The molecule has 3 aromatic carbocycles. The fraction of sp³-hybridized carbons (Fsp3) is 0.0952. The molecule has 0 amide bonds. The average Bonchev–Trinajstić information content (AvgIpc) is 2.67. The van der Waals surface area contributed by atoms with Crippen molar-refractivity contribution < 1.29 is 27.2 Å². The molecule has 0 spiro atoms. The lowest BCUT2D eigenvalue weighted by Crippen LogP contribution is -2.20. The standard InChI is InChI=1S/C21H18O6S/c1-26-19-10-6-17(7-11-19)15-2-4-16(5-3-15)18-8-12-20(13-9-18)27-21(22)14-28(23,24)25/h2-13H,14H2,1H3,(H,23,24,25). The first-order valence-electron chi connectivity index (χ1n) is 8.35. The monoisotopic (exact) mass is 398 g/mol. The molecule has 0 radical (unpaired) electrons. The van der Waals surface area contributed by atoms with Gasteiger partial charge in [-0.3, -0.25) is 9.35 Å². The third kappa shape index (κ3) is 5.18.